The van der Waals surface area contributed by atoms with Gasteiger partial charge in [-0.15, -0.1) is 0 Å². The van der Waals surface area contributed by atoms with E-state index in [4.69, 9.17) is 0 Å². The summed E-state index contributed by atoms with van der Waals surface area (Å²) in [5.41, 5.74) is 4.50. The van der Waals surface area contributed by atoms with Gasteiger partial charge in [0, 0.05) is 0 Å². The largest absolute Gasteiger partial charge is 0.508 e. The zero-order valence-corrected chi connectivity index (χ0v) is 17.0. The lowest BCUT2D eigenvalue weighted by molar-refractivity contribution is 0.475. The summed E-state index contributed by atoms with van der Waals surface area (Å²) in [5.74, 6) is 0.274. The van der Waals surface area contributed by atoms with E-state index in [0.717, 1.165) is 22.3 Å². The summed E-state index contributed by atoms with van der Waals surface area (Å²) in [6.45, 7) is 8.30. The topological polar surface area (TPSA) is 20.2 Å². The van der Waals surface area contributed by atoms with Crippen LogP contribution in [-0.2, 0) is 0 Å². The Kier molecular flexibility index (Phi) is 3.69. The third-order valence-electron chi connectivity index (χ3n) is 6.42. The molecule has 1 heteroatoms. The third-order valence-corrected chi connectivity index (χ3v) is 6.42. The van der Waals surface area contributed by atoms with Crippen LogP contribution in [0.1, 0.15) is 11.1 Å². The summed E-state index contributed by atoms with van der Waals surface area (Å²) >= 11 is 0. The number of benzene rings is 6. The molecule has 0 fully saturated rings. The van der Waals surface area contributed by atoms with Gasteiger partial charge in [0.05, 0.1) is 0 Å². The van der Waals surface area contributed by atoms with Crippen LogP contribution >= 0.6 is 0 Å². The van der Waals surface area contributed by atoms with Crippen LogP contribution in [0.4, 0.5) is 0 Å². The first-order valence-electron chi connectivity index (χ1n) is 10.4. The highest BCUT2D eigenvalue weighted by molar-refractivity contribution is 6.34. The van der Waals surface area contributed by atoms with Crippen molar-refractivity contribution in [1.29, 1.82) is 0 Å². The van der Waals surface area contributed by atoms with Gasteiger partial charge in [-0.1, -0.05) is 79.9 Å². The number of phenols is 1. The highest BCUT2D eigenvalue weighted by Crippen LogP contribution is 2.46. The van der Waals surface area contributed by atoms with Gasteiger partial charge in [-0.2, -0.15) is 0 Å². The van der Waals surface area contributed by atoms with Gasteiger partial charge in [-0.05, 0) is 89.6 Å². The Hall–Kier alpha value is -4.10. The molecule has 0 bridgehead atoms. The SMILES string of the molecule is C=Cc1c(C=C)c2c3ccccc3cc3cc(-c4ccc(O)cc4)c4cccc1c4c32. The van der Waals surface area contributed by atoms with Crippen LogP contribution in [0, 0.1) is 0 Å². The molecule has 0 saturated heterocycles. The first kappa shape index (κ1) is 17.7. The van der Waals surface area contributed by atoms with E-state index in [2.05, 4.69) is 67.8 Å². The molecule has 1 N–H and O–H groups in total. The van der Waals surface area contributed by atoms with E-state index in [-0.39, 0.29) is 5.75 Å². The quantitative estimate of drug-likeness (QED) is 0.235. The highest BCUT2D eigenvalue weighted by atomic mass is 16.3. The molecule has 0 spiro atoms. The third kappa shape index (κ3) is 2.38. The lowest BCUT2D eigenvalue weighted by Gasteiger charge is -2.20. The monoisotopic (exact) mass is 396 g/mol. The molecule has 31 heavy (non-hydrogen) atoms. The van der Waals surface area contributed by atoms with Gasteiger partial charge < -0.3 is 5.11 Å². The lowest BCUT2D eigenvalue weighted by Crippen LogP contribution is -1.94. The Labute approximate surface area is 180 Å². The van der Waals surface area contributed by atoms with Gasteiger partial charge >= 0.3 is 0 Å². The molecule has 0 unspecified atom stereocenters. The van der Waals surface area contributed by atoms with Crippen LogP contribution in [0.25, 0.3) is 66.4 Å². The van der Waals surface area contributed by atoms with Crippen molar-refractivity contribution in [1.82, 2.24) is 0 Å². The molecular weight excluding hydrogens is 376 g/mol. The van der Waals surface area contributed by atoms with Gasteiger partial charge in [0.25, 0.3) is 0 Å². The molecular formula is C30H20O. The van der Waals surface area contributed by atoms with E-state index < -0.39 is 0 Å². The van der Waals surface area contributed by atoms with Gasteiger partial charge in [0.2, 0.25) is 0 Å². The van der Waals surface area contributed by atoms with E-state index in [1.807, 2.05) is 24.3 Å². The molecule has 0 heterocycles. The maximum atomic E-state index is 9.79. The molecule has 0 aliphatic heterocycles. The summed E-state index contributed by atoms with van der Waals surface area (Å²) in [5, 5.41) is 19.6. The molecule has 0 atom stereocenters. The second-order valence-electron chi connectivity index (χ2n) is 8.01. The maximum Gasteiger partial charge on any atom is 0.115 e. The summed E-state index contributed by atoms with van der Waals surface area (Å²) < 4.78 is 0. The van der Waals surface area contributed by atoms with Crippen LogP contribution in [0.5, 0.6) is 5.75 Å². The number of aromatic hydroxyl groups is 1. The van der Waals surface area contributed by atoms with Gasteiger partial charge in [-0.25, -0.2) is 0 Å². The Balaban J connectivity index is 1.95. The van der Waals surface area contributed by atoms with Crippen molar-refractivity contribution in [2.75, 3.05) is 0 Å². The fraction of sp³-hybridized carbons (Fsp3) is 0. The predicted octanol–water partition coefficient (Wildman–Crippen LogP) is 8.40. The van der Waals surface area contributed by atoms with Crippen molar-refractivity contribution in [3.63, 3.8) is 0 Å². The van der Waals surface area contributed by atoms with Crippen molar-refractivity contribution in [3.8, 4) is 16.9 Å². The molecule has 0 amide bonds. The van der Waals surface area contributed by atoms with Crippen molar-refractivity contribution in [2.24, 2.45) is 0 Å². The molecule has 146 valence electrons. The predicted molar refractivity (Wildman–Crippen MR) is 135 cm³/mol. The standard InChI is InChI=1S/C30H20O/c1-3-22-23(4-2)29-24-9-6-5-8-19(24)16-20-17-27(18-12-14-21(31)15-13-18)26-11-7-10-25(22)30(26)28(20)29/h3-17,31H,1-2H2. The molecule has 1 nitrogen and oxygen atoms in total. The van der Waals surface area contributed by atoms with Crippen LogP contribution in [0.2, 0.25) is 0 Å². The number of rotatable bonds is 3. The number of phenolic OH excluding ortho intramolecular Hbond substituents is 1. The maximum absolute atomic E-state index is 9.79. The first-order valence-corrected chi connectivity index (χ1v) is 10.4. The smallest absolute Gasteiger partial charge is 0.115 e. The van der Waals surface area contributed by atoms with Crippen LogP contribution < -0.4 is 0 Å². The molecule has 0 saturated carbocycles. The van der Waals surface area contributed by atoms with E-state index in [9.17, 15) is 5.11 Å². The van der Waals surface area contributed by atoms with Crippen LogP contribution in [0.3, 0.4) is 0 Å². The van der Waals surface area contributed by atoms with E-state index in [0.29, 0.717) is 0 Å². The van der Waals surface area contributed by atoms with E-state index in [1.165, 1.54) is 43.1 Å². The molecule has 6 aromatic carbocycles. The number of hydrogen-bond acceptors (Lipinski definition) is 1. The van der Waals surface area contributed by atoms with Crippen molar-refractivity contribution in [2.45, 2.75) is 0 Å². The molecule has 0 radical (unpaired) electrons. The zero-order chi connectivity index (χ0) is 21.1. The van der Waals surface area contributed by atoms with Gasteiger partial charge in [0.1, 0.15) is 5.75 Å². The Morgan fingerprint density at radius 1 is 0.581 bits per heavy atom. The van der Waals surface area contributed by atoms with Crippen molar-refractivity contribution >= 4 is 55.2 Å². The minimum Gasteiger partial charge on any atom is -0.508 e. The average molecular weight is 396 g/mol. The Morgan fingerprint density at radius 2 is 1.29 bits per heavy atom. The molecule has 0 aliphatic rings. The number of hydrogen-bond donors (Lipinski definition) is 1. The van der Waals surface area contributed by atoms with E-state index >= 15 is 0 Å². The second kappa shape index (κ2) is 6.45. The fourth-order valence-electron chi connectivity index (χ4n) is 5.13. The molecule has 0 aliphatic carbocycles. The van der Waals surface area contributed by atoms with Crippen LogP contribution in [0.15, 0.2) is 92.0 Å². The Bertz CT molecular complexity index is 1650. The summed E-state index contributed by atoms with van der Waals surface area (Å²) in [6, 6.07) is 27.1. The number of fused-ring (bicyclic) bond motifs is 2. The van der Waals surface area contributed by atoms with Gasteiger partial charge in [-0.3, -0.25) is 0 Å². The summed E-state index contributed by atoms with van der Waals surface area (Å²) in [6.07, 6.45) is 3.92. The lowest BCUT2D eigenvalue weighted by atomic mass is 9.82. The van der Waals surface area contributed by atoms with E-state index in [1.54, 1.807) is 12.1 Å². The van der Waals surface area contributed by atoms with Crippen LogP contribution in [-0.4, -0.2) is 5.11 Å². The molecule has 6 rings (SSSR count). The average Bonchev–Trinajstić information content (AvgIpc) is 2.81. The van der Waals surface area contributed by atoms with Crippen molar-refractivity contribution in [3.05, 3.63) is 103 Å². The zero-order valence-electron chi connectivity index (χ0n) is 17.0. The Morgan fingerprint density at radius 3 is 2.06 bits per heavy atom. The normalized spacial score (nSPS) is 11.6. The summed E-state index contributed by atoms with van der Waals surface area (Å²) in [7, 11) is 0. The molecule has 0 aromatic heterocycles. The summed E-state index contributed by atoms with van der Waals surface area (Å²) in [4.78, 5) is 0. The van der Waals surface area contributed by atoms with Gasteiger partial charge in [0.15, 0.2) is 0 Å². The van der Waals surface area contributed by atoms with Crippen molar-refractivity contribution < 1.29 is 5.11 Å². The highest BCUT2D eigenvalue weighted by Gasteiger charge is 2.19. The molecule has 6 aromatic rings. The minimum atomic E-state index is 0.274. The first-order chi connectivity index (χ1) is 15.2. The minimum absolute atomic E-state index is 0.274. The second-order valence-corrected chi connectivity index (χ2v) is 8.01. The fourth-order valence-corrected chi connectivity index (χ4v) is 5.13.